The summed E-state index contributed by atoms with van der Waals surface area (Å²) in [6.45, 7) is 13.4. The molecular weight excluding hydrogens is 587 g/mol. The number of carbonyl (C=O) groups excluding carboxylic acids is 2. The van der Waals surface area contributed by atoms with Crippen LogP contribution >= 0.6 is 22.6 Å². The van der Waals surface area contributed by atoms with Gasteiger partial charge in [0.2, 0.25) is 0 Å². The SMILES string of the molecule is CC[Si](CC)(CC)O[C@@H](C[C@H](/C=C/C=O)O[Si](CC)(CC)CC)C(I)CC#CCCCC(=O)OC. The fraction of sp³-hybridized carbons (Fsp3) is 0.778. The highest BCUT2D eigenvalue weighted by Gasteiger charge is 2.37. The van der Waals surface area contributed by atoms with Crippen molar-refractivity contribution in [3.05, 3.63) is 12.2 Å². The first-order chi connectivity index (χ1) is 16.7. The number of halogens is 1. The topological polar surface area (TPSA) is 61.8 Å². The van der Waals surface area contributed by atoms with Crippen LogP contribution in [0, 0.1) is 11.8 Å². The first-order valence-corrected chi connectivity index (χ1v) is 19.7. The van der Waals surface area contributed by atoms with E-state index in [1.807, 2.05) is 6.08 Å². The number of carbonyl (C=O) groups is 2. The van der Waals surface area contributed by atoms with Crippen LogP contribution in [0.2, 0.25) is 36.3 Å². The summed E-state index contributed by atoms with van der Waals surface area (Å²) in [5.41, 5.74) is 0. The Balaban J connectivity index is 5.69. The number of hydrogen-bond acceptors (Lipinski definition) is 5. The summed E-state index contributed by atoms with van der Waals surface area (Å²) in [5.74, 6) is 6.34. The zero-order valence-corrected chi connectivity index (χ0v) is 27.3. The molecule has 0 saturated carbocycles. The number of esters is 1. The number of unbranched alkanes of at least 4 members (excludes halogenated alkanes) is 1. The van der Waals surface area contributed by atoms with E-state index in [0.717, 1.165) is 55.4 Å². The molecule has 0 heterocycles. The molecule has 8 heteroatoms. The number of alkyl halides is 1. The van der Waals surface area contributed by atoms with Crippen molar-refractivity contribution in [1.82, 2.24) is 0 Å². The van der Waals surface area contributed by atoms with E-state index in [1.165, 1.54) is 7.11 Å². The van der Waals surface area contributed by atoms with Gasteiger partial charge in [0.25, 0.3) is 0 Å². The third-order valence-electron chi connectivity index (χ3n) is 7.27. The van der Waals surface area contributed by atoms with Crippen LogP contribution in [0.3, 0.4) is 0 Å². The Hall–Kier alpha value is -0.476. The van der Waals surface area contributed by atoms with Gasteiger partial charge in [-0.2, -0.15) is 0 Å². The van der Waals surface area contributed by atoms with E-state index < -0.39 is 16.6 Å². The van der Waals surface area contributed by atoms with Gasteiger partial charge in [0.1, 0.15) is 6.29 Å². The molecule has 0 radical (unpaired) electrons. The van der Waals surface area contributed by atoms with Gasteiger partial charge >= 0.3 is 5.97 Å². The smallest absolute Gasteiger partial charge is 0.305 e. The maximum atomic E-state index is 11.3. The molecule has 0 aliphatic carbocycles. The lowest BCUT2D eigenvalue weighted by Gasteiger charge is -2.38. The minimum atomic E-state index is -1.85. The van der Waals surface area contributed by atoms with E-state index in [-0.39, 0.29) is 22.1 Å². The Bertz CT molecular complexity index is 664. The summed E-state index contributed by atoms with van der Waals surface area (Å²) >= 11 is 2.49. The maximum Gasteiger partial charge on any atom is 0.305 e. The lowest BCUT2D eigenvalue weighted by molar-refractivity contribution is -0.140. The number of hydrogen-bond donors (Lipinski definition) is 0. The van der Waals surface area contributed by atoms with Crippen molar-refractivity contribution < 1.29 is 23.2 Å². The molecule has 0 aromatic rings. The second-order valence-corrected chi connectivity index (χ2v) is 20.1. The van der Waals surface area contributed by atoms with Crippen molar-refractivity contribution in [3.63, 3.8) is 0 Å². The van der Waals surface area contributed by atoms with E-state index in [2.05, 4.69) is 76.0 Å². The molecule has 1 unspecified atom stereocenters. The summed E-state index contributed by atoms with van der Waals surface area (Å²) in [6.07, 6.45) is 7.52. The number of ether oxygens (including phenoxy) is 1. The van der Waals surface area contributed by atoms with E-state index in [0.29, 0.717) is 19.3 Å². The second-order valence-electron chi connectivity index (χ2n) is 9.06. The van der Waals surface area contributed by atoms with Crippen LogP contribution < -0.4 is 0 Å². The largest absolute Gasteiger partial charge is 0.469 e. The predicted molar refractivity (Wildman–Crippen MR) is 160 cm³/mol. The van der Waals surface area contributed by atoms with Crippen LogP contribution in [0.1, 0.15) is 73.6 Å². The number of aldehydes is 1. The van der Waals surface area contributed by atoms with Gasteiger partial charge in [-0.15, -0.1) is 11.8 Å². The third-order valence-corrected chi connectivity index (χ3v) is 17.9. The van der Waals surface area contributed by atoms with Gasteiger partial charge in [-0.1, -0.05) is 70.2 Å². The average Bonchev–Trinajstić information content (AvgIpc) is 2.89. The van der Waals surface area contributed by atoms with Crippen LogP contribution in [0.15, 0.2) is 12.2 Å². The highest BCUT2D eigenvalue weighted by Crippen LogP contribution is 2.32. The summed E-state index contributed by atoms with van der Waals surface area (Å²) < 4.78 is 18.7. The molecule has 0 rings (SSSR count). The quantitative estimate of drug-likeness (QED) is 0.0216. The molecule has 0 amide bonds. The average molecular weight is 637 g/mol. The molecule has 0 N–H and O–H groups in total. The van der Waals surface area contributed by atoms with Crippen LogP contribution in [-0.4, -0.2) is 52.1 Å². The van der Waals surface area contributed by atoms with Crippen LogP contribution in [0.25, 0.3) is 0 Å². The van der Waals surface area contributed by atoms with Gasteiger partial charge < -0.3 is 13.6 Å². The molecule has 0 fully saturated rings. The molecule has 0 aliphatic rings. The van der Waals surface area contributed by atoms with Crippen LogP contribution in [0.4, 0.5) is 0 Å². The molecule has 35 heavy (non-hydrogen) atoms. The van der Waals surface area contributed by atoms with Crippen LogP contribution in [0.5, 0.6) is 0 Å². The Morgan fingerprint density at radius 3 is 1.94 bits per heavy atom. The van der Waals surface area contributed by atoms with Crippen molar-refractivity contribution in [2.24, 2.45) is 0 Å². The summed E-state index contributed by atoms with van der Waals surface area (Å²) in [5, 5.41) is 0. The fourth-order valence-corrected chi connectivity index (χ4v) is 10.9. The third kappa shape index (κ3) is 13.1. The predicted octanol–water partition coefficient (Wildman–Crippen LogP) is 7.45. The maximum absolute atomic E-state index is 11.3. The molecule has 0 bridgehead atoms. The van der Waals surface area contributed by atoms with Crippen LogP contribution in [-0.2, 0) is 23.2 Å². The highest BCUT2D eigenvalue weighted by molar-refractivity contribution is 14.1. The zero-order valence-electron chi connectivity index (χ0n) is 23.2. The lowest BCUT2D eigenvalue weighted by atomic mass is 10.1. The summed E-state index contributed by atoms with van der Waals surface area (Å²) in [4.78, 5) is 22.4. The normalized spacial score (nSPS) is 14.7. The molecular formula is C27H49IO5Si2. The molecule has 0 aromatic heterocycles. The number of methoxy groups -OCH3 is 1. The Morgan fingerprint density at radius 2 is 1.46 bits per heavy atom. The van der Waals surface area contributed by atoms with E-state index in [1.54, 1.807) is 6.08 Å². The number of rotatable bonds is 19. The van der Waals surface area contributed by atoms with Crippen molar-refractivity contribution in [1.29, 1.82) is 0 Å². The van der Waals surface area contributed by atoms with E-state index in [4.69, 9.17) is 13.6 Å². The summed E-state index contributed by atoms with van der Waals surface area (Å²) in [6, 6.07) is 6.47. The molecule has 0 aromatic carbocycles. The fourth-order valence-electron chi connectivity index (χ4n) is 4.29. The van der Waals surface area contributed by atoms with Gasteiger partial charge in [-0.05, 0) is 48.8 Å². The van der Waals surface area contributed by atoms with Gasteiger partial charge in [-0.3, -0.25) is 9.59 Å². The van der Waals surface area contributed by atoms with Gasteiger partial charge in [0.15, 0.2) is 16.6 Å². The van der Waals surface area contributed by atoms with Crippen molar-refractivity contribution in [3.8, 4) is 11.8 Å². The molecule has 5 nitrogen and oxygen atoms in total. The Morgan fingerprint density at radius 1 is 0.914 bits per heavy atom. The molecule has 3 atom stereocenters. The van der Waals surface area contributed by atoms with Gasteiger partial charge in [0.05, 0.1) is 19.3 Å². The Labute approximate surface area is 230 Å². The minimum absolute atomic E-state index is 0.0186. The standard InChI is InChI=1S/C27H49IO5Si2/c1-8-34(9-2,10-3)32-24(19-18-22-29)23-26(33-35(11-4,12-5)13-6)25(28)20-16-14-15-17-21-27(30)31-7/h18-19,22,24-26H,8-13,15,17,20-21,23H2,1-7H3/b19-18+/t24-,25?,26-/m0/s1. The first-order valence-electron chi connectivity index (χ1n) is 13.4. The lowest BCUT2D eigenvalue weighted by Crippen LogP contribution is -2.46. The van der Waals surface area contributed by atoms with Crippen molar-refractivity contribution in [2.75, 3.05) is 7.11 Å². The number of allylic oxidation sites excluding steroid dienone is 1. The summed E-state index contributed by atoms with van der Waals surface area (Å²) in [7, 11) is -2.28. The van der Waals surface area contributed by atoms with Gasteiger partial charge in [-0.25, -0.2) is 0 Å². The molecule has 0 aliphatic heterocycles. The second kappa shape index (κ2) is 19.6. The van der Waals surface area contributed by atoms with Crippen molar-refractivity contribution >= 4 is 51.5 Å². The monoisotopic (exact) mass is 636 g/mol. The van der Waals surface area contributed by atoms with E-state index in [9.17, 15) is 9.59 Å². The first kappa shape index (κ1) is 34.5. The molecule has 0 saturated heterocycles. The van der Waals surface area contributed by atoms with E-state index >= 15 is 0 Å². The highest BCUT2D eigenvalue weighted by atomic mass is 127. The minimum Gasteiger partial charge on any atom is -0.469 e. The molecule has 202 valence electrons. The van der Waals surface area contributed by atoms with Gasteiger partial charge in [0, 0.05) is 29.6 Å². The Kier molecular flexibility index (Phi) is 19.3. The van der Waals surface area contributed by atoms with Crippen molar-refractivity contribution in [2.45, 2.75) is 126 Å². The zero-order chi connectivity index (χ0) is 26.7. The molecule has 0 spiro atoms.